The molecule has 0 heterocycles. The van der Waals surface area contributed by atoms with Crippen molar-refractivity contribution < 1.29 is 14.3 Å². The van der Waals surface area contributed by atoms with Gasteiger partial charge in [0, 0.05) is 11.1 Å². The van der Waals surface area contributed by atoms with E-state index in [1.807, 2.05) is 61.5 Å². The second-order valence-corrected chi connectivity index (χ2v) is 7.75. The Morgan fingerprint density at radius 1 is 0.774 bits per heavy atom. The van der Waals surface area contributed by atoms with Gasteiger partial charge in [-0.25, -0.2) is 4.79 Å². The first-order valence-electron chi connectivity index (χ1n) is 11.1. The highest BCUT2D eigenvalue weighted by Crippen LogP contribution is 2.26. The van der Waals surface area contributed by atoms with E-state index in [-0.39, 0.29) is 17.9 Å². The minimum absolute atomic E-state index is 0.0573. The number of ketones is 1. The zero-order chi connectivity index (χ0) is 22.1. The van der Waals surface area contributed by atoms with E-state index in [0.717, 1.165) is 43.2 Å². The normalized spacial score (nSPS) is 11.7. The molecule has 1 atom stereocenters. The third-order valence-electron chi connectivity index (χ3n) is 5.50. The first-order chi connectivity index (χ1) is 15.1. The van der Waals surface area contributed by atoms with Crippen molar-refractivity contribution in [2.45, 2.75) is 52.1 Å². The molecule has 0 radical (unpaired) electrons. The van der Waals surface area contributed by atoms with Crippen LogP contribution in [0.25, 0.3) is 11.1 Å². The van der Waals surface area contributed by atoms with Gasteiger partial charge in [0.05, 0.1) is 5.56 Å². The van der Waals surface area contributed by atoms with Gasteiger partial charge in [-0.15, -0.1) is 0 Å². The van der Waals surface area contributed by atoms with Gasteiger partial charge in [-0.3, -0.25) is 4.79 Å². The van der Waals surface area contributed by atoms with Crippen LogP contribution in [0, 0.1) is 0 Å². The summed E-state index contributed by atoms with van der Waals surface area (Å²) in [5.41, 5.74) is 3.57. The molecule has 0 amide bonds. The molecule has 0 spiro atoms. The van der Waals surface area contributed by atoms with Crippen molar-refractivity contribution in [1.82, 2.24) is 0 Å². The summed E-state index contributed by atoms with van der Waals surface area (Å²) in [4.78, 5) is 25.7. The van der Waals surface area contributed by atoms with E-state index in [9.17, 15) is 9.59 Å². The maximum atomic E-state index is 13.2. The lowest BCUT2D eigenvalue weighted by molar-refractivity contribution is 0.0267. The van der Waals surface area contributed by atoms with E-state index in [2.05, 4.69) is 6.92 Å². The number of carbonyl (C=O) groups excluding carboxylic acids is 2. The standard InChI is InChI=1S/C28H30O3/c1-3-5-7-14-24(4-2)31-28(30)23-19-17-22(18-20-23)27(29)26-16-11-10-15-25(26)21-12-8-6-9-13-21/h6,8-13,15-20,24H,3-5,7,14H2,1-2H3. The summed E-state index contributed by atoms with van der Waals surface area (Å²) in [7, 11) is 0. The van der Waals surface area contributed by atoms with Gasteiger partial charge in [-0.1, -0.05) is 93.4 Å². The Morgan fingerprint density at radius 3 is 2.10 bits per heavy atom. The number of unbranched alkanes of at least 4 members (excludes halogenated alkanes) is 2. The summed E-state index contributed by atoms with van der Waals surface area (Å²) in [6, 6.07) is 24.2. The van der Waals surface area contributed by atoms with Crippen molar-refractivity contribution in [3.8, 4) is 11.1 Å². The molecule has 3 rings (SSSR count). The molecular formula is C28H30O3. The summed E-state index contributed by atoms with van der Waals surface area (Å²) in [6.07, 6.45) is 5.00. The van der Waals surface area contributed by atoms with E-state index in [1.54, 1.807) is 24.3 Å². The van der Waals surface area contributed by atoms with Crippen molar-refractivity contribution in [2.75, 3.05) is 0 Å². The molecule has 0 N–H and O–H groups in total. The molecule has 3 aromatic carbocycles. The number of hydrogen-bond acceptors (Lipinski definition) is 3. The van der Waals surface area contributed by atoms with Crippen molar-refractivity contribution >= 4 is 11.8 Å². The summed E-state index contributed by atoms with van der Waals surface area (Å²) in [6.45, 7) is 4.20. The molecule has 0 saturated heterocycles. The molecular weight excluding hydrogens is 384 g/mol. The minimum atomic E-state index is -0.327. The van der Waals surface area contributed by atoms with Crippen molar-refractivity contribution in [3.05, 3.63) is 95.6 Å². The van der Waals surface area contributed by atoms with Crippen molar-refractivity contribution in [3.63, 3.8) is 0 Å². The molecule has 3 heteroatoms. The zero-order valence-corrected chi connectivity index (χ0v) is 18.3. The fourth-order valence-corrected chi connectivity index (χ4v) is 3.65. The smallest absolute Gasteiger partial charge is 0.338 e. The van der Waals surface area contributed by atoms with Crippen molar-refractivity contribution in [1.29, 1.82) is 0 Å². The third kappa shape index (κ3) is 5.91. The first-order valence-corrected chi connectivity index (χ1v) is 11.1. The molecule has 0 fully saturated rings. The summed E-state index contributed by atoms with van der Waals surface area (Å²) >= 11 is 0. The number of carbonyl (C=O) groups is 2. The Labute approximate surface area is 185 Å². The minimum Gasteiger partial charge on any atom is -0.459 e. The molecule has 0 bridgehead atoms. The Bertz CT molecular complexity index is 990. The highest BCUT2D eigenvalue weighted by Gasteiger charge is 2.17. The Balaban J connectivity index is 1.73. The van der Waals surface area contributed by atoms with E-state index < -0.39 is 0 Å². The maximum absolute atomic E-state index is 13.2. The summed E-state index contributed by atoms with van der Waals surface area (Å²) in [5.74, 6) is -0.391. The highest BCUT2D eigenvalue weighted by atomic mass is 16.5. The van der Waals surface area contributed by atoms with Crippen LogP contribution in [0.1, 0.15) is 72.2 Å². The van der Waals surface area contributed by atoms with Gasteiger partial charge >= 0.3 is 5.97 Å². The lowest BCUT2D eigenvalue weighted by Gasteiger charge is -2.16. The largest absolute Gasteiger partial charge is 0.459 e. The quantitative estimate of drug-likeness (QED) is 0.202. The maximum Gasteiger partial charge on any atom is 0.338 e. The average Bonchev–Trinajstić information content (AvgIpc) is 2.83. The molecule has 0 aliphatic rings. The summed E-state index contributed by atoms with van der Waals surface area (Å²) < 4.78 is 5.67. The van der Waals surface area contributed by atoms with Gasteiger partial charge in [0.2, 0.25) is 0 Å². The van der Waals surface area contributed by atoms with Gasteiger partial charge < -0.3 is 4.74 Å². The predicted molar refractivity (Wildman–Crippen MR) is 125 cm³/mol. The molecule has 0 saturated carbocycles. The van der Waals surface area contributed by atoms with Gasteiger partial charge in [0.1, 0.15) is 6.10 Å². The van der Waals surface area contributed by atoms with Crippen LogP contribution in [-0.4, -0.2) is 17.9 Å². The highest BCUT2D eigenvalue weighted by molar-refractivity contribution is 6.13. The molecule has 1 unspecified atom stereocenters. The number of esters is 1. The van der Waals surface area contributed by atoms with Gasteiger partial charge in [-0.2, -0.15) is 0 Å². The molecule has 31 heavy (non-hydrogen) atoms. The van der Waals surface area contributed by atoms with Crippen LogP contribution in [0.4, 0.5) is 0 Å². The van der Waals surface area contributed by atoms with Crippen LogP contribution in [0.2, 0.25) is 0 Å². The molecule has 0 aliphatic heterocycles. The molecule has 3 aromatic rings. The number of benzene rings is 3. The number of ether oxygens (including phenoxy) is 1. The van der Waals surface area contributed by atoms with Gasteiger partial charge in [0.15, 0.2) is 5.78 Å². The Morgan fingerprint density at radius 2 is 1.42 bits per heavy atom. The van der Waals surface area contributed by atoms with Gasteiger partial charge in [-0.05, 0) is 42.5 Å². The molecule has 0 aliphatic carbocycles. The SMILES string of the molecule is CCCCCC(CC)OC(=O)c1ccc(C(=O)c2ccccc2-c2ccccc2)cc1. The second kappa shape index (κ2) is 11.3. The van der Waals surface area contributed by atoms with E-state index in [1.165, 1.54) is 0 Å². The van der Waals surface area contributed by atoms with Crippen LogP contribution in [0.3, 0.4) is 0 Å². The van der Waals surface area contributed by atoms with Crippen LogP contribution in [0.15, 0.2) is 78.9 Å². The number of hydrogen-bond donors (Lipinski definition) is 0. The average molecular weight is 415 g/mol. The van der Waals surface area contributed by atoms with Crippen LogP contribution in [0.5, 0.6) is 0 Å². The van der Waals surface area contributed by atoms with Crippen LogP contribution >= 0.6 is 0 Å². The predicted octanol–water partition coefficient (Wildman–Crippen LogP) is 7.10. The lowest BCUT2D eigenvalue weighted by Crippen LogP contribution is -2.17. The number of rotatable bonds is 10. The second-order valence-electron chi connectivity index (χ2n) is 7.75. The van der Waals surface area contributed by atoms with E-state index in [4.69, 9.17) is 4.74 Å². The monoisotopic (exact) mass is 414 g/mol. The third-order valence-corrected chi connectivity index (χ3v) is 5.50. The molecule has 160 valence electrons. The van der Waals surface area contributed by atoms with E-state index >= 15 is 0 Å². The van der Waals surface area contributed by atoms with Gasteiger partial charge in [0.25, 0.3) is 0 Å². The van der Waals surface area contributed by atoms with E-state index in [0.29, 0.717) is 16.7 Å². The first kappa shape index (κ1) is 22.5. The fraction of sp³-hybridized carbons (Fsp3) is 0.286. The van der Waals surface area contributed by atoms with Crippen LogP contribution in [-0.2, 0) is 4.74 Å². The topological polar surface area (TPSA) is 43.4 Å². The lowest BCUT2D eigenvalue weighted by atomic mass is 9.93. The zero-order valence-electron chi connectivity index (χ0n) is 18.3. The Hall–Kier alpha value is -3.20. The van der Waals surface area contributed by atoms with Crippen molar-refractivity contribution in [2.24, 2.45) is 0 Å². The Kier molecular flexibility index (Phi) is 8.17. The molecule has 0 aromatic heterocycles. The fourth-order valence-electron chi connectivity index (χ4n) is 3.65. The molecule has 3 nitrogen and oxygen atoms in total. The van der Waals surface area contributed by atoms with Crippen LogP contribution < -0.4 is 0 Å². The summed E-state index contributed by atoms with van der Waals surface area (Å²) in [5, 5.41) is 0.